The molecule has 0 spiro atoms. The molecule has 3 rings (SSSR count). The van der Waals surface area contributed by atoms with E-state index in [0.717, 1.165) is 22.1 Å². The van der Waals surface area contributed by atoms with Gasteiger partial charge in [-0.1, -0.05) is 29.8 Å². The van der Waals surface area contributed by atoms with Crippen LogP contribution >= 0.6 is 22.9 Å². The van der Waals surface area contributed by atoms with Crippen LogP contribution in [-0.4, -0.2) is 18.5 Å². The van der Waals surface area contributed by atoms with Crippen LogP contribution in [0, 0.1) is 0 Å². The van der Waals surface area contributed by atoms with Gasteiger partial charge >= 0.3 is 0 Å². The molecular formula is C17H19ClN2OS. The molecule has 0 bridgehead atoms. The summed E-state index contributed by atoms with van der Waals surface area (Å²) in [6.07, 6.45) is 2.17. The van der Waals surface area contributed by atoms with Gasteiger partial charge in [-0.15, -0.1) is 11.3 Å². The average molecular weight is 335 g/mol. The second-order valence-electron chi connectivity index (χ2n) is 5.63. The number of fused-ring (bicyclic) bond motifs is 1. The summed E-state index contributed by atoms with van der Waals surface area (Å²) >= 11 is 7.41. The maximum Gasteiger partial charge on any atom is 0.239 e. The van der Waals surface area contributed by atoms with Crippen LogP contribution in [0.3, 0.4) is 0 Å². The summed E-state index contributed by atoms with van der Waals surface area (Å²) in [5, 5.41) is 2.98. The van der Waals surface area contributed by atoms with Gasteiger partial charge in [-0.25, -0.2) is 0 Å². The third-order valence-electron chi connectivity index (χ3n) is 4.07. The van der Waals surface area contributed by atoms with Crippen molar-refractivity contribution in [1.29, 1.82) is 0 Å². The van der Waals surface area contributed by atoms with Crippen molar-refractivity contribution >= 4 is 34.5 Å². The zero-order valence-electron chi connectivity index (χ0n) is 12.5. The number of rotatable bonds is 4. The van der Waals surface area contributed by atoms with Gasteiger partial charge in [0.05, 0.1) is 17.4 Å². The van der Waals surface area contributed by atoms with Crippen molar-refractivity contribution in [2.45, 2.75) is 32.4 Å². The van der Waals surface area contributed by atoms with Crippen molar-refractivity contribution in [3.8, 4) is 0 Å². The lowest BCUT2D eigenvalue weighted by molar-refractivity contribution is -0.120. The fraction of sp³-hybridized carbons (Fsp3) is 0.353. The number of carbonyl (C=O) groups excluding carboxylic acids is 1. The summed E-state index contributed by atoms with van der Waals surface area (Å²) in [6.45, 7) is 3.12. The van der Waals surface area contributed by atoms with E-state index in [1.54, 1.807) is 0 Å². The van der Waals surface area contributed by atoms with E-state index in [1.165, 1.54) is 22.6 Å². The largest absolute Gasteiger partial charge is 0.359 e. The van der Waals surface area contributed by atoms with Gasteiger partial charge < -0.3 is 10.2 Å². The first kappa shape index (κ1) is 15.4. The molecule has 2 heterocycles. The molecule has 1 aliphatic rings. The number of hydrogen-bond donors (Lipinski definition) is 1. The van der Waals surface area contributed by atoms with Crippen molar-refractivity contribution in [1.82, 2.24) is 5.32 Å². The normalized spacial score (nSPS) is 17.2. The lowest BCUT2D eigenvalue weighted by atomic mass is 9.97. The molecule has 1 aliphatic heterocycles. The Kier molecular flexibility index (Phi) is 4.69. The molecule has 1 N–H and O–H groups in total. The summed E-state index contributed by atoms with van der Waals surface area (Å²) in [5.41, 5.74) is 2.52. The number of nitrogens with one attached hydrogen (secondary N) is 1. The Morgan fingerprint density at radius 2 is 2.18 bits per heavy atom. The summed E-state index contributed by atoms with van der Waals surface area (Å²) < 4.78 is 0.753. The molecule has 3 nitrogen and oxygen atoms in total. The van der Waals surface area contributed by atoms with Gasteiger partial charge in [0, 0.05) is 16.6 Å². The Morgan fingerprint density at radius 1 is 1.36 bits per heavy atom. The molecule has 2 aromatic rings. The number of nitrogens with zero attached hydrogens (tertiary/aromatic N) is 1. The maximum absolute atomic E-state index is 12.3. The van der Waals surface area contributed by atoms with Crippen LogP contribution in [0.1, 0.15) is 23.8 Å². The summed E-state index contributed by atoms with van der Waals surface area (Å²) in [6, 6.07) is 12.6. The van der Waals surface area contributed by atoms with E-state index in [4.69, 9.17) is 11.6 Å². The highest BCUT2D eigenvalue weighted by atomic mass is 35.5. The predicted molar refractivity (Wildman–Crippen MR) is 92.7 cm³/mol. The topological polar surface area (TPSA) is 32.3 Å². The number of para-hydroxylation sites is 1. The van der Waals surface area contributed by atoms with Crippen LogP contribution in [-0.2, 0) is 17.8 Å². The third-order valence-corrected chi connectivity index (χ3v) is 5.30. The molecule has 116 valence electrons. The van der Waals surface area contributed by atoms with Gasteiger partial charge in [0.2, 0.25) is 5.91 Å². The van der Waals surface area contributed by atoms with Gasteiger partial charge in [-0.2, -0.15) is 0 Å². The van der Waals surface area contributed by atoms with Gasteiger partial charge in [0.25, 0.3) is 0 Å². The minimum absolute atomic E-state index is 0.0491. The van der Waals surface area contributed by atoms with Gasteiger partial charge in [-0.3, -0.25) is 4.79 Å². The van der Waals surface area contributed by atoms with Crippen LogP contribution < -0.4 is 10.2 Å². The molecule has 1 unspecified atom stereocenters. The minimum atomic E-state index is 0.0491. The Labute approximate surface area is 139 Å². The fourth-order valence-electron chi connectivity index (χ4n) is 2.84. The molecular weight excluding hydrogens is 316 g/mol. The fourth-order valence-corrected chi connectivity index (χ4v) is 3.87. The third kappa shape index (κ3) is 3.45. The zero-order valence-corrected chi connectivity index (χ0v) is 14.1. The number of anilines is 1. The van der Waals surface area contributed by atoms with Gasteiger partial charge in [-0.05, 0) is 43.5 Å². The van der Waals surface area contributed by atoms with Crippen molar-refractivity contribution in [3.63, 3.8) is 0 Å². The first-order chi connectivity index (χ1) is 10.6. The molecule has 22 heavy (non-hydrogen) atoms. The lowest BCUT2D eigenvalue weighted by Crippen LogP contribution is -2.44. The number of amides is 1. The predicted octanol–water partition coefficient (Wildman–Crippen LogP) is 3.86. The SMILES string of the molecule is CC1CCc2ccccc2N1CC(=O)NCc1ccc(Cl)s1. The number of aryl methyl sites for hydroxylation is 1. The Morgan fingerprint density at radius 3 is 2.95 bits per heavy atom. The highest BCUT2D eigenvalue weighted by Gasteiger charge is 2.24. The van der Waals surface area contributed by atoms with Crippen LogP contribution in [0.2, 0.25) is 4.34 Å². The first-order valence-corrected chi connectivity index (χ1v) is 8.68. The average Bonchev–Trinajstić information content (AvgIpc) is 2.94. The Bertz CT molecular complexity index is 670. The van der Waals surface area contributed by atoms with E-state index >= 15 is 0 Å². The van der Waals surface area contributed by atoms with Gasteiger partial charge in [0.15, 0.2) is 0 Å². The molecule has 1 aromatic carbocycles. The Hall–Kier alpha value is -1.52. The zero-order chi connectivity index (χ0) is 15.5. The first-order valence-electron chi connectivity index (χ1n) is 7.49. The maximum atomic E-state index is 12.3. The van der Waals surface area contributed by atoms with E-state index in [1.807, 2.05) is 18.2 Å². The van der Waals surface area contributed by atoms with Crippen molar-refractivity contribution in [2.24, 2.45) is 0 Å². The van der Waals surface area contributed by atoms with Crippen molar-refractivity contribution in [3.05, 3.63) is 51.2 Å². The van der Waals surface area contributed by atoms with Crippen LogP contribution in [0.15, 0.2) is 36.4 Å². The smallest absolute Gasteiger partial charge is 0.239 e. The molecule has 1 aromatic heterocycles. The van der Waals surface area contributed by atoms with Crippen LogP contribution in [0.25, 0.3) is 0 Å². The second-order valence-corrected chi connectivity index (χ2v) is 7.43. The molecule has 0 aliphatic carbocycles. The summed E-state index contributed by atoms with van der Waals surface area (Å²) in [4.78, 5) is 15.5. The highest BCUT2D eigenvalue weighted by Crippen LogP contribution is 2.30. The molecule has 1 amide bonds. The Balaban J connectivity index is 1.63. The molecule has 0 radical (unpaired) electrons. The molecule has 0 fully saturated rings. The number of hydrogen-bond acceptors (Lipinski definition) is 3. The molecule has 0 saturated carbocycles. The van der Waals surface area contributed by atoms with E-state index in [2.05, 4.69) is 35.3 Å². The number of thiophene rings is 1. The monoisotopic (exact) mass is 334 g/mol. The lowest BCUT2D eigenvalue weighted by Gasteiger charge is -2.36. The number of halogens is 1. The van der Waals surface area contributed by atoms with E-state index < -0.39 is 0 Å². The summed E-state index contributed by atoms with van der Waals surface area (Å²) in [7, 11) is 0. The second kappa shape index (κ2) is 6.71. The number of benzene rings is 1. The van der Waals surface area contributed by atoms with Gasteiger partial charge in [0.1, 0.15) is 0 Å². The summed E-state index contributed by atoms with van der Waals surface area (Å²) in [5.74, 6) is 0.0491. The van der Waals surface area contributed by atoms with E-state index in [0.29, 0.717) is 19.1 Å². The van der Waals surface area contributed by atoms with E-state index in [-0.39, 0.29) is 5.91 Å². The van der Waals surface area contributed by atoms with E-state index in [9.17, 15) is 4.79 Å². The van der Waals surface area contributed by atoms with Crippen LogP contribution in [0.5, 0.6) is 0 Å². The standard InChI is InChI=1S/C17H19ClN2OS/c1-12-6-7-13-4-2-3-5-15(13)20(12)11-17(21)19-10-14-8-9-16(18)22-14/h2-5,8-9,12H,6-7,10-11H2,1H3,(H,19,21). The molecule has 0 saturated heterocycles. The van der Waals surface area contributed by atoms with Crippen LogP contribution in [0.4, 0.5) is 5.69 Å². The minimum Gasteiger partial charge on any atom is -0.359 e. The quantitative estimate of drug-likeness (QED) is 0.920. The highest BCUT2D eigenvalue weighted by molar-refractivity contribution is 7.16. The number of carbonyl (C=O) groups is 1. The molecule has 5 heteroatoms. The van der Waals surface area contributed by atoms with Crippen molar-refractivity contribution < 1.29 is 4.79 Å². The molecule has 1 atom stereocenters. The van der Waals surface area contributed by atoms with Crippen molar-refractivity contribution in [2.75, 3.05) is 11.4 Å².